The Labute approximate surface area is 162 Å². The lowest BCUT2D eigenvalue weighted by atomic mass is 9.52. The fourth-order valence-corrected chi connectivity index (χ4v) is 7.08. The van der Waals surface area contributed by atoms with Crippen molar-refractivity contribution in [1.29, 1.82) is 0 Å². The highest BCUT2D eigenvalue weighted by atomic mass is 35.5. The van der Waals surface area contributed by atoms with Crippen molar-refractivity contribution in [1.82, 2.24) is 4.90 Å². The van der Waals surface area contributed by atoms with Crippen LogP contribution in [0.15, 0.2) is 23.4 Å². The molecule has 4 aliphatic rings. The number of allylic oxidation sites excluding steroid dienone is 2. The second kappa shape index (κ2) is 5.72. The Morgan fingerprint density at radius 3 is 2.48 bits per heavy atom. The zero-order chi connectivity index (χ0) is 19.8. The molecule has 27 heavy (non-hydrogen) atoms. The van der Waals surface area contributed by atoms with Gasteiger partial charge in [-0.2, -0.15) is 0 Å². The monoisotopic (exact) mass is 397 g/mol. The summed E-state index contributed by atoms with van der Waals surface area (Å²) < 4.78 is 16.4. The van der Waals surface area contributed by atoms with Crippen molar-refractivity contribution < 1.29 is 28.9 Å². The van der Waals surface area contributed by atoms with Gasteiger partial charge in [0.1, 0.15) is 11.9 Å². The summed E-state index contributed by atoms with van der Waals surface area (Å²) in [5, 5.41) is 10.5. The van der Waals surface area contributed by atoms with Crippen LogP contribution in [0.3, 0.4) is 0 Å². The first-order valence-electron chi connectivity index (χ1n) is 8.97. The molecule has 0 amide bonds. The Morgan fingerprint density at radius 2 is 1.93 bits per heavy atom. The molecular weight excluding hydrogens is 374 g/mol. The molecule has 0 aromatic rings. The SMILES string of the molecule is COC1=CC(=O)[C@]2(C(Cl)C[C@]34C(OC)=C(OC)C(=O)C[C@]23CCN4C)C1O. The van der Waals surface area contributed by atoms with E-state index in [-0.39, 0.29) is 29.5 Å². The molecule has 8 heteroatoms. The topological polar surface area (TPSA) is 85.3 Å². The number of ketones is 2. The van der Waals surface area contributed by atoms with Gasteiger partial charge >= 0.3 is 0 Å². The average Bonchev–Trinajstić information content (AvgIpc) is 3.15. The van der Waals surface area contributed by atoms with Gasteiger partial charge in [-0.1, -0.05) is 0 Å². The molecule has 1 aliphatic heterocycles. The minimum atomic E-state index is -1.34. The van der Waals surface area contributed by atoms with E-state index in [1.54, 1.807) is 0 Å². The smallest absolute Gasteiger partial charge is 0.201 e. The van der Waals surface area contributed by atoms with Crippen LogP contribution in [0.4, 0.5) is 0 Å². The predicted octanol–water partition coefficient (Wildman–Crippen LogP) is 0.996. The highest BCUT2D eigenvalue weighted by molar-refractivity contribution is 6.25. The van der Waals surface area contributed by atoms with Crippen molar-refractivity contribution in [2.75, 3.05) is 34.9 Å². The molecule has 4 rings (SSSR count). The molecule has 2 unspecified atom stereocenters. The molecule has 148 valence electrons. The summed E-state index contributed by atoms with van der Waals surface area (Å²) in [6, 6.07) is 0. The van der Waals surface area contributed by atoms with Crippen molar-refractivity contribution in [2.45, 2.75) is 36.3 Å². The first-order chi connectivity index (χ1) is 12.8. The minimum Gasteiger partial charge on any atom is -0.498 e. The number of ether oxygens (including phenoxy) is 3. The molecule has 1 saturated heterocycles. The quantitative estimate of drug-likeness (QED) is 0.711. The van der Waals surface area contributed by atoms with E-state index in [1.807, 2.05) is 7.05 Å². The molecule has 5 atom stereocenters. The number of alkyl halides is 1. The number of carbonyl (C=O) groups excluding carboxylic acids is 2. The third kappa shape index (κ3) is 1.72. The van der Waals surface area contributed by atoms with E-state index < -0.39 is 27.8 Å². The minimum absolute atomic E-state index is 0.0597. The van der Waals surface area contributed by atoms with Crippen molar-refractivity contribution in [3.8, 4) is 0 Å². The number of halogens is 1. The van der Waals surface area contributed by atoms with Gasteiger partial charge in [0.2, 0.25) is 11.5 Å². The van der Waals surface area contributed by atoms with E-state index in [0.29, 0.717) is 25.1 Å². The largest absolute Gasteiger partial charge is 0.498 e. The number of carbonyl (C=O) groups is 2. The maximum Gasteiger partial charge on any atom is 0.201 e. The Morgan fingerprint density at radius 1 is 1.22 bits per heavy atom. The Hall–Kier alpha value is -1.57. The third-order valence-corrected chi connectivity index (χ3v) is 7.90. The molecule has 0 aromatic carbocycles. The number of rotatable bonds is 3. The maximum atomic E-state index is 13.3. The summed E-state index contributed by atoms with van der Waals surface area (Å²) in [5.41, 5.74) is -3.05. The van der Waals surface area contributed by atoms with Crippen molar-refractivity contribution >= 4 is 23.2 Å². The van der Waals surface area contributed by atoms with Gasteiger partial charge in [-0.3, -0.25) is 14.5 Å². The van der Waals surface area contributed by atoms with E-state index in [4.69, 9.17) is 25.8 Å². The number of hydrogen-bond donors (Lipinski definition) is 1. The summed E-state index contributed by atoms with van der Waals surface area (Å²) in [7, 11) is 6.29. The van der Waals surface area contributed by atoms with Crippen LogP contribution in [0.5, 0.6) is 0 Å². The van der Waals surface area contributed by atoms with Crippen molar-refractivity contribution in [3.05, 3.63) is 23.4 Å². The van der Waals surface area contributed by atoms with Crippen LogP contribution in [-0.4, -0.2) is 73.5 Å². The molecule has 1 saturated carbocycles. The van der Waals surface area contributed by atoms with Gasteiger partial charge < -0.3 is 19.3 Å². The first kappa shape index (κ1) is 18.8. The standard InChI is InChI=1S/C19H24ClNO6/c1-21-6-5-17-8-10(22)14(26-3)16(27-4)18(17,21)9-12(20)19(17)13(23)7-11(25-2)15(19)24/h7,12,15,24H,5-6,8-9H2,1-4H3/t12?,15?,17-,18-,19+/m0/s1. The number of likely N-dealkylation sites (tertiary alicyclic amines) is 1. The molecule has 3 aliphatic carbocycles. The number of likely N-dealkylation sites (N-methyl/N-ethyl adjacent to an activating group) is 1. The van der Waals surface area contributed by atoms with Gasteiger partial charge in [-0.25, -0.2) is 0 Å². The van der Waals surface area contributed by atoms with Crippen LogP contribution < -0.4 is 0 Å². The van der Waals surface area contributed by atoms with Gasteiger partial charge in [0.05, 0.1) is 37.7 Å². The van der Waals surface area contributed by atoms with Gasteiger partial charge in [-0.15, -0.1) is 11.6 Å². The van der Waals surface area contributed by atoms with Crippen LogP contribution in [0, 0.1) is 10.8 Å². The summed E-state index contributed by atoms with van der Waals surface area (Å²) in [5.74, 6) is 0.236. The number of nitrogens with zero attached hydrogens (tertiary/aromatic N) is 1. The Bertz CT molecular complexity index is 793. The second-order valence-electron chi connectivity index (χ2n) is 7.84. The summed E-state index contributed by atoms with van der Waals surface area (Å²) >= 11 is 6.85. The number of aliphatic hydroxyl groups excluding tert-OH is 1. The van der Waals surface area contributed by atoms with Crippen molar-refractivity contribution in [3.63, 3.8) is 0 Å². The first-order valence-corrected chi connectivity index (χ1v) is 9.41. The van der Waals surface area contributed by atoms with Crippen LogP contribution in [0.1, 0.15) is 19.3 Å². The van der Waals surface area contributed by atoms with Crippen LogP contribution in [0.2, 0.25) is 0 Å². The summed E-state index contributed by atoms with van der Waals surface area (Å²) in [6.45, 7) is 0.644. The molecule has 0 aromatic heterocycles. The van der Waals surface area contributed by atoms with Crippen LogP contribution >= 0.6 is 11.6 Å². The third-order valence-electron chi connectivity index (χ3n) is 7.40. The number of hydrogen-bond acceptors (Lipinski definition) is 7. The van der Waals surface area contributed by atoms with E-state index in [1.165, 1.54) is 27.4 Å². The van der Waals surface area contributed by atoms with Gasteiger partial charge in [-0.05, 0) is 26.4 Å². The highest BCUT2D eigenvalue weighted by Crippen LogP contribution is 2.74. The zero-order valence-corrected chi connectivity index (χ0v) is 16.6. The van der Waals surface area contributed by atoms with E-state index in [2.05, 4.69) is 4.90 Å². The van der Waals surface area contributed by atoms with Crippen molar-refractivity contribution in [2.24, 2.45) is 10.8 Å². The van der Waals surface area contributed by atoms with Crippen LogP contribution in [0.25, 0.3) is 0 Å². The normalized spacial score (nSPS) is 43.9. The Balaban J connectivity index is 2.04. The maximum absolute atomic E-state index is 13.3. The lowest BCUT2D eigenvalue weighted by molar-refractivity contribution is -0.148. The molecule has 7 nitrogen and oxygen atoms in total. The number of aliphatic hydroxyl groups is 1. The fraction of sp³-hybridized carbons (Fsp3) is 0.684. The van der Waals surface area contributed by atoms with E-state index in [9.17, 15) is 14.7 Å². The molecule has 0 radical (unpaired) electrons. The lowest BCUT2D eigenvalue weighted by Gasteiger charge is -2.53. The molecule has 1 spiro atoms. The number of Topliss-reactive ketones (excluding diaryl/α,β-unsaturated/α-hetero) is 1. The zero-order valence-electron chi connectivity index (χ0n) is 15.9. The predicted molar refractivity (Wildman–Crippen MR) is 95.9 cm³/mol. The molecular formula is C19H24ClNO6. The highest BCUT2D eigenvalue weighted by Gasteiger charge is 2.83. The van der Waals surface area contributed by atoms with Crippen LogP contribution in [-0.2, 0) is 23.8 Å². The molecule has 1 N–H and O–H groups in total. The van der Waals surface area contributed by atoms with E-state index >= 15 is 0 Å². The lowest BCUT2D eigenvalue weighted by Crippen LogP contribution is -2.63. The van der Waals surface area contributed by atoms with Gasteiger partial charge in [0.25, 0.3) is 0 Å². The van der Waals surface area contributed by atoms with E-state index in [0.717, 1.165) is 0 Å². The van der Waals surface area contributed by atoms with Gasteiger partial charge in [0, 0.05) is 17.9 Å². The molecule has 2 fully saturated rings. The molecule has 1 heterocycles. The average molecular weight is 398 g/mol. The Kier molecular flexibility index (Phi) is 3.98. The van der Waals surface area contributed by atoms with Gasteiger partial charge in [0.15, 0.2) is 11.5 Å². The summed E-state index contributed by atoms with van der Waals surface area (Å²) in [4.78, 5) is 28.4. The fourth-order valence-electron chi connectivity index (χ4n) is 6.42. The number of methoxy groups -OCH3 is 3. The second-order valence-corrected chi connectivity index (χ2v) is 8.37. The summed E-state index contributed by atoms with van der Waals surface area (Å²) in [6.07, 6.45) is 1.08. The molecule has 0 bridgehead atoms.